The molecule has 11 heteroatoms. The summed E-state index contributed by atoms with van der Waals surface area (Å²) in [5.41, 5.74) is 23.7. The van der Waals surface area contributed by atoms with Crippen molar-refractivity contribution in [2.24, 2.45) is 0 Å². The molecule has 0 saturated carbocycles. The van der Waals surface area contributed by atoms with Gasteiger partial charge >= 0.3 is 14.2 Å². The normalized spacial score (nSPS) is 15.0. The predicted molar refractivity (Wildman–Crippen MR) is 489 cm³/mol. The Hall–Kier alpha value is -1.56. The lowest BCUT2D eigenvalue weighted by atomic mass is 9.67. The van der Waals surface area contributed by atoms with Crippen LogP contribution in [0.4, 0.5) is 0 Å². The first kappa shape index (κ1) is 89.6. The average Bonchev–Trinajstić information content (AvgIpc) is 1.58. The first-order valence-electron chi connectivity index (χ1n) is 42.2. The van der Waals surface area contributed by atoms with E-state index in [0.29, 0.717) is 26.4 Å². The van der Waals surface area contributed by atoms with Crippen LogP contribution in [0.2, 0.25) is 0 Å². The van der Waals surface area contributed by atoms with Crippen LogP contribution in [0.3, 0.4) is 0 Å². The van der Waals surface area contributed by atoms with Crippen LogP contribution in [0.1, 0.15) is 356 Å². The second-order valence-electron chi connectivity index (χ2n) is 31.6. The van der Waals surface area contributed by atoms with Gasteiger partial charge in [0, 0.05) is 62.4 Å². The van der Waals surface area contributed by atoms with Crippen molar-refractivity contribution in [3.63, 3.8) is 0 Å². The number of aryl methyl sites for hydroxylation is 2. The highest BCUT2D eigenvalue weighted by molar-refractivity contribution is 15.0. The number of benzene rings is 6. The van der Waals surface area contributed by atoms with Crippen LogP contribution in [0, 0.1) is 13.8 Å². The molecule has 6 aromatic carbocycles. The second-order valence-corrected chi connectivity index (χ2v) is 33.4. The quantitative estimate of drug-likeness (QED) is 0.0217. The molecule has 2 heterocycles. The van der Waals surface area contributed by atoms with E-state index in [2.05, 4.69) is 234 Å². The van der Waals surface area contributed by atoms with E-state index >= 15 is 0 Å². The Labute approximate surface area is 693 Å². The molecular weight excluding hydrogens is 1740 g/mol. The Morgan fingerprint density at radius 1 is 0.279 bits per heavy atom. The summed E-state index contributed by atoms with van der Waals surface area (Å²) in [4.78, 5) is 0. The first-order chi connectivity index (χ1) is 50.5. The third kappa shape index (κ3) is 24.7. The maximum Gasteiger partial charge on any atom is 0.494 e. The zero-order valence-electron chi connectivity index (χ0n) is 66.1. The molecule has 3 aliphatic carbocycles. The van der Waals surface area contributed by atoms with E-state index in [4.69, 9.17) is 18.6 Å². The van der Waals surface area contributed by atoms with Gasteiger partial charge in [-0.2, -0.15) is 0 Å². The van der Waals surface area contributed by atoms with Crippen LogP contribution in [0.25, 0.3) is 33.4 Å². The van der Waals surface area contributed by atoms with Crippen molar-refractivity contribution in [2.75, 3.05) is 26.4 Å². The van der Waals surface area contributed by atoms with Crippen LogP contribution in [-0.2, 0) is 34.9 Å². The minimum atomic E-state index is -0.240. The van der Waals surface area contributed by atoms with Gasteiger partial charge in [0.1, 0.15) is 0 Å². The molecule has 0 aromatic heterocycles. The van der Waals surface area contributed by atoms with Gasteiger partial charge in [-0.25, -0.2) is 0 Å². The Morgan fingerprint density at radius 2 is 0.481 bits per heavy atom. The highest BCUT2D eigenvalue weighted by atomic mass is 128. The Balaban J connectivity index is 0.000000217. The Bertz CT molecular complexity index is 3060. The Kier molecular flexibility index (Phi) is 42.3. The molecule has 104 heavy (non-hydrogen) atoms. The molecule has 0 N–H and O–H groups in total. The van der Waals surface area contributed by atoms with E-state index in [-0.39, 0.29) is 54.5 Å². The topological polar surface area (TPSA) is 36.9 Å². The standard InChI is InChI=1S/C33H48B2O4.C31H46.C29H40Br2.I2.HI/c1-3-5-7-9-11-13-19-33(20-14-12-10-8-6-4-2)31-25-27(34-36-21-22-37-34)15-17-29(31)30-18-16-28(26-32(30)33)35-38-23-24-39-35;1-5-7-9-11-13-15-21-31(22-16-14-12-10-8-6-2)29-23-25(3)17-19-27(29)28-20-18-26(4)24-30(28)31;1-3-5-7-9-11-13-19-29(20-14-12-10-8-6-4-2)27-21-23(30)15-17-25(27)26-18-16-24(31)22-28(26)29;1-2;/h15-18,25-26H,3-14,19-24H2,1-2H3;17-20,23-24H,5-16,21-22H2,1-4H3;15-18,21-22H,3-14,19-20H2,1-2H3;;1H. The number of rotatable bonds is 44. The number of fused-ring (bicyclic) bond motifs is 9. The molecule has 2 saturated heterocycles. The monoisotopic (exact) mass is 1880 g/mol. The summed E-state index contributed by atoms with van der Waals surface area (Å²) in [7, 11) is -0.480. The molecule has 6 aromatic rings. The van der Waals surface area contributed by atoms with Gasteiger partial charge in [0.15, 0.2) is 0 Å². The molecule has 2 fully saturated rings. The van der Waals surface area contributed by atoms with Gasteiger partial charge in [-0.1, -0.05) is 401 Å². The van der Waals surface area contributed by atoms with Crippen molar-refractivity contribution >= 4 is 118 Å². The minimum absolute atomic E-state index is 0. The molecule has 0 unspecified atom stereocenters. The lowest BCUT2D eigenvalue weighted by Crippen LogP contribution is -2.35. The van der Waals surface area contributed by atoms with Gasteiger partial charge in [0.05, 0.1) is 26.4 Å². The third-order valence-electron chi connectivity index (χ3n) is 23.9. The predicted octanol–water partition coefficient (Wildman–Crippen LogP) is 30.4. The summed E-state index contributed by atoms with van der Waals surface area (Å²) in [6, 6.07) is 42.5. The van der Waals surface area contributed by atoms with E-state index in [1.807, 2.05) is 0 Å². The van der Waals surface area contributed by atoms with E-state index in [1.165, 1.54) is 334 Å². The van der Waals surface area contributed by atoms with Gasteiger partial charge in [0.2, 0.25) is 0 Å². The number of hydrogen-bond donors (Lipinski definition) is 0. The van der Waals surface area contributed by atoms with E-state index in [9.17, 15) is 0 Å². The van der Waals surface area contributed by atoms with Crippen molar-refractivity contribution < 1.29 is 18.6 Å². The smallest absolute Gasteiger partial charge is 0.405 e. The fourth-order valence-corrected chi connectivity index (χ4v) is 19.0. The fourth-order valence-electron chi connectivity index (χ4n) is 18.3. The summed E-state index contributed by atoms with van der Waals surface area (Å²) in [5, 5.41) is 0. The molecule has 0 bridgehead atoms. The van der Waals surface area contributed by atoms with Crippen molar-refractivity contribution in [2.45, 2.75) is 341 Å². The lowest BCUT2D eigenvalue weighted by molar-refractivity contribution is 0.365. The summed E-state index contributed by atoms with van der Waals surface area (Å²) in [6.45, 7) is 21.1. The van der Waals surface area contributed by atoms with Crippen LogP contribution in [-0.4, -0.2) is 40.7 Å². The van der Waals surface area contributed by atoms with Crippen LogP contribution >= 0.6 is 93.1 Å². The molecule has 4 nitrogen and oxygen atoms in total. The van der Waals surface area contributed by atoms with Crippen LogP contribution in [0.5, 0.6) is 0 Å². The summed E-state index contributed by atoms with van der Waals surface area (Å²) in [6.07, 6.45) is 56.4. The number of halogens is 5. The van der Waals surface area contributed by atoms with Gasteiger partial charge in [0.25, 0.3) is 0 Å². The van der Waals surface area contributed by atoms with E-state index in [1.54, 1.807) is 22.3 Å². The molecule has 0 spiro atoms. The van der Waals surface area contributed by atoms with Gasteiger partial charge in [-0.3, -0.25) is 0 Å². The molecule has 5 aliphatic rings. The molecule has 0 atom stereocenters. The summed E-state index contributed by atoms with van der Waals surface area (Å²) < 4.78 is 26.2. The Morgan fingerprint density at radius 3 is 0.731 bits per heavy atom. The molecular formula is C93H135B2Br2I3O4. The SMILES string of the molecule is CCCCCCCCC1(CCCCCCCC)c2cc(B3OCCO3)ccc2-c2ccc(B3OCCO3)cc21.CCCCCCCCC1(CCCCCCCC)c2cc(Br)ccc2-c2ccc(Br)cc21.CCCCCCCCC1(CCCCCCCC)c2cc(C)ccc2-c2ccc(C)cc21.I.II. The van der Waals surface area contributed by atoms with Gasteiger partial charge in [-0.15, -0.1) is 24.0 Å². The van der Waals surface area contributed by atoms with Gasteiger partial charge < -0.3 is 18.6 Å². The average molecular weight is 1880 g/mol. The van der Waals surface area contributed by atoms with Crippen molar-refractivity contribution in [1.82, 2.24) is 0 Å². The summed E-state index contributed by atoms with van der Waals surface area (Å²) in [5.74, 6) is 0. The third-order valence-corrected chi connectivity index (χ3v) is 24.9. The first-order valence-corrected chi connectivity index (χ1v) is 50.1. The highest BCUT2D eigenvalue weighted by Crippen LogP contribution is 2.58. The van der Waals surface area contributed by atoms with Crippen LogP contribution in [0.15, 0.2) is 118 Å². The number of hydrogen-bond acceptors (Lipinski definition) is 4. The van der Waals surface area contributed by atoms with Crippen molar-refractivity contribution in [3.05, 3.63) is 163 Å². The zero-order chi connectivity index (χ0) is 73.1. The molecule has 0 amide bonds. The molecule has 11 rings (SSSR count). The van der Waals surface area contributed by atoms with Crippen molar-refractivity contribution in [1.29, 1.82) is 0 Å². The van der Waals surface area contributed by atoms with E-state index < -0.39 is 0 Å². The maximum atomic E-state index is 5.95. The molecule has 2 aliphatic heterocycles. The largest absolute Gasteiger partial charge is 0.494 e. The van der Waals surface area contributed by atoms with Crippen LogP contribution < -0.4 is 10.9 Å². The van der Waals surface area contributed by atoms with Crippen molar-refractivity contribution in [3.8, 4) is 33.4 Å². The summed E-state index contributed by atoms with van der Waals surface area (Å²) >= 11 is 11.8. The second kappa shape index (κ2) is 49.1. The fraction of sp³-hybridized carbons (Fsp3) is 0.613. The lowest BCUT2D eigenvalue weighted by Gasteiger charge is -2.33. The minimum Gasteiger partial charge on any atom is -0.405 e. The maximum absolute atomic E-state index is 5.95. The number of unbranched alkanes of at least 4 members (excludes halogenated alkanes) is 30. The van der Waals surface area contributed by atoms with Gasteiger partial charge in [-0.05, 0) is 154 Å². The molecule has 0 radical (unpaired) electrons. The van der Waals surface area contributed by atoms with E-state index in [0.717, 1.165) is 10.9 Å². The zero-order valence-corrected chi connectivity index (χ0v) is 75.9. The highest BCUT2D eigenvalue weighted by Gasteiger charge is 2.46. The molecule has 572 valence electrons.